The summed E-state index contributed by atoms with van der Waals surface area (Å²) in [6.45, 7) is 3.10. The number of hydrogen-bond donors (Lipinski definition) is 1. The second kappa shape index (κ2) is 3.81. The number of fused-ring (bicyclic) bond motifs is 1. The maximum absolute atomic E-state index is 5.86. The Balaban J connectivity index is 2.57. The highest BCUT2D eigenvalue weighted by atomic mass is 16.5. The standard InChI is InChI=1S/C11H15N3O/c1-3-4-14-7-13-9-6-11(15-2)8(12)5-10(9)14/h5-7H,3-4,12H2,1-2H3. The van der Waals surface area contributed by atoms with Gasteiger partial charge < -0.3 is 15.0 Å². The van der Waals surface area contributed by atoms with Crippen molar-refractivity contribution in [3.05, 3.63) is 18.5 Å². The van der Waals surface area contributed by atoms with Crippen LogP contribution in [0.1, 0.15) is 13.3 Å². The third kappa shape index (κ3) is 1.63. The highest BCUT2D eigenvalue weighted by Gasteiger charge is 2.06. The summed E-state index contributed by atoms with van der Waals surface area (Å²) in [7, 11) is 1.61. The number of nitrogens with two attached hydrogens (primary N) is 1. The van der Waals surface area contributed by atoms with E-state index in [0.717, 1.165) is 24.0 Å². The molecular formula is C11H15N3O. The molecule has 0 bridgehead atoms. The zero-order chi connectivity index (χ0) is 10.8. The largest absolute Gasteiger partial charge is 0.495 e. The number of aryl methyl sites for hydroxylation is 1. The van der Waals surface area contributed by atoms with E-state index >= 15 is 0 Å². The average molecular weight is 205 g/mol. The summed E-state index contributed by atoms with van der Waals surface area (Å²) >= 11 is 0. The number of methoxy groups -OCH3 is 1. The Morgan fingerprint density at radius 2 is 2.27 bits per heavy atom. The van der Waals surface area contributed by atoms with Crippen molar-refractivity contribution < 1.29 is 4.74 Å². The lowest BCUT2D eigenvalue weighted by Crippen LogP contribution is -1.96. The molecule has 0 aliphatic rings. The van der Waals surface area contributed by atoms with Crippen LogP contribution in [0.3, 0.4) is 0 Å². The zero-order valence-electron chi connectivity index (χ0n) is 9.03. The Labute approximate surface area is 88.7 Å². The topological polar surface area (TPSA) is 53.1 Å². The average Bonchev–Trinajstić information content (AvgIpc) is 2.61. The maximum atomic E-state index is 5.86. The van der Waals surface area contributed by atoms with Crippen LogP contribution >= 0.6 is 0 Å². The van der Waals surface area contributed by atoms with Crippen LogP contribution in [0.15, 0.2) is 18.5 Å². The number of nitrogen functional groups attached to an aromatic ring is 1. The Morgan fingerprint density at radius 1 is 1.47 bits per heavy atom. The molecule has 0 spiro atoms. The van der Waals surface area contributed by atoms with Gasteiger partial charge in [-0.25, -0.2) is 4.98 Å². The number of hydrogen-bond acceptors (Lipinski definition) is 3. The van der Waals surface area contributed by atoms with E-state index in [-0.39, 0.29) is 0 Å². The summed E-state index contributed by atoms with van der Waals surface area (Å²) in [5.74, 6) is 0.684. The van der Waals surface area contributed by atoms with Gasteiger partial charge in [0, 0.05) is 12.6 Å². The zero-order valence-corrected chi connectivity index (χ0v) is 9.03. The van der Waals surface area contributed by atoms with Crippen molar-refractivity contribution in [1.29, 1.82) is 0 Å². The predicted molar refractivity (Wildman–Crippen MR) is 61.0 cm³/mol. The Hall–Kier alpha value is -1.71. The number of anilines is 1. The van der Waals surface area contributed by atoms with Gasteiger partial charge in [-0.1, -0.05) is 6.92 Å². The van der Waals surface area contributed by atoms with Crippen molar-refractivity contribution >= 4 is 16.7 Å². The van der Waals surface area contributed by atoms with Gasteiger partial charge in [-0.3, -0.25) is 0 Å². The molecule has 2 N–H and O–H groups in total. The molecule has 0 amide bonds. The fraction of sp³-hybridized carbons (Fsp3) is 0.364. The van der Waals surface area contributed by atoms with Gasteiger partial charge in [0.2, 0.25) is 0 Å². The summed E-state index contributed by atoms with van der Waals surface area (Å²) in [5, 5.41) is 0. The van der Waals surface area contributed by atoms with E-state index in [0.29, 0.717) is 11.4 Å². The van der Waals surface area contributed by atoms with E-state index in [1.54, 1.807) is 7.11 Å². The van der Waals surface area contributed by atoms with Gasteiger partial charge in [0.05, 0.1) is 30.2 Å². The number of imidazole rings is 1. The van der Waals surface area contributed by atoms with Gasteiger partial charge in [-0.05, 0) is 12.5 Å². The van der Waals surface area contributed by atoms with Crippen LogP contribution in [0, 0.1) is 0 Å². The molecule has 15 heavy (non-hydrogen) atoms. The highest BCUT2D eigenvalue weighted by molar-refractivity contribution is 5.82. The second-order valence-electron chi connectivity index (χ2n) is 3.52. The highest BCUT2D eigenvalue weighted by Crippen LogP contribution is 2.27. The Bertz CT molecular complexity index is 476. The monoisotopic (exact) mass is 205 g/mol. The molecule has 0 atom stereocenters. The molecule has 0 radical (unpaired) electrons. The number of benzene rings is 1. The minimum absolute atomic E-state index is 0.655. The van der Waals surface area contributed by atoms with E-state index in [4.69, 9.17) is 10.5 Å². The number of aromatic nitrogens is 2. The normalized spacial score (nSPS) is 10.8. The van der Waals surface area contributed by atoms with Gasteiger partial charge in [0.1, 0.15) is 5.75 Å². The van der Waals surface area contributed by atoms with Gasteiger partial charge in [-0.15, -0.1) is 0 Å². The van der Waals surface area contributed by atoms with E-state index in [1.165, 1.54) is 0 Å². The van der Waals surface area contributed by atoms with Crippen LogP contribution in [0.2, 0.25) is 0 Å². The molecule has 2 aromatic rings. The molecule has 1 aromatic heterocycles. The first-order valence-electron chi connectivity index (χ1n) is 5.04. The number of ether oxygens (including phenoxy) is 1. The Morgan fingerprint density at radius 3 is 2.93 bits per heavy atom. The van der Waals surface area contributed by atoms with Crippen molar-refractivity contribution in [1.82, 2.24) is 9.55 Å². The van der Waals surface area contributed by atoms with Crippen LogP contribution in [-0.2, 0) is 6.54 Å². The van der Waals surface area contributed by atoms with Crippen molar-refractivity contribution in [3.8, 4) is 5.75 Å². The molecule has 0 aliphatic carbocycles. The first kappa shape index (κ1) is 9.83. The van der Waals surface area contributed by atoms with Gasteiger partial charge >= 0.3 is 0 Å². The van der Waals surface area contributed by atoms with Crippen LogP contribution in [0.5, 0.6) is 5.75 Å². The van der Waals surface area contributed by atoms with Gasteiger partial charge in [0.15, 0.2) is 0 Å². The van der Waals surface area contributed by atoms with Gasteiger partial charge in [-0.2, -0.15) is 0 Å². The molecule has 80 valence electrons. The summed E-state index contributed by atoms with van der Waals surface area (Å²) in [6.07, 6.45) is 2.92. The SMILES string of the molecule is CCCn1cnc2cc(OC)c(N)cc21. The summed E-state index contributed by atoms with van der Waals surface area (Å²) in [4.78, 5) is 4.31. The van der Waals surface area contributed by atoms with Gasteiger partial charge in [0.25, 0.3) is 0 Å². The molecule has 4 heteroatoms. The predicted octanol–water partition coefficient (Wildman–Crippen LogP) is 2.04. The molecule has 0 fully saturated rings. The molecule has 2 rings (SSSR count). The second-order valence-corrected chi connectivity index (χ2v) is 3.52. The molecule has 4 nitrogen and oxygen atoms in total. The van der Waals surface area contributed by atoms with Crippen molar-refractivity contribution in [2.75, 3.05) is 12.8 Å². The van der Waals surface area contributed by atoms with E-state index < -0.39 is 0 Å². The molecular weight excluding hydrogens is 190 g/mol. The fourth-order valence-corrected chi connectivity index (χ4v) is 1.70. The van der Waals surface area contributed by atoms with E-state index in [2.05, 4.69) is 16.5 Å². The fourth-order valence-electron chi connectivity index (χ4n) is 1.70. The van der Waals surface area contributed by atoms with Crippen LogP contribution in [0.4, 0.5) is 5.69 Å². The lowest BCUT2D eigenvalue weighted by molar-refractivity contribution is 0.417. The quantitative estimate of drug-likeness (QED) is 0.780. The smallest absolute Gasteiger partial charge is 0.144 e. The van der Waals surface area contributed by atoms with Crippen molar-refractivity contribution in [2.45, 2.75) is 19.9 Å². The third-order valence-electron chi connectivity index (χ3n) is 2.44. The first-order chi connectivity index (χ1) is 7.26. The molecule has 0 aliphatic heterocycles. The molecule has 0 saturated carbocycles. The number of rotatable bonds is 3. The van der Waals surface area contributed by atoms with Crippen LogP contribution < -0.4 is 10.5 Å². The van der Waals surface area contributed by atoms with Crippen LogP contribution in [0.25, 0.3) is 11.0 Å². The Kier molecular flexibility index (Phi) is 2.49. The maximum Gasteiger partial charge on any atom is 0.144 e. The minimum atomic E-state index is 0.655. The third-order valence-corrected chi connectivity index (χ3v) is 2.44. The lowest BCUT2D eigenvalue weighted by Gasteiger charge is -2.05. The first-order valence-corrected chi connectivity index (χ1v) is 5.04. The molecule has 0 saturated heterocycles. The van der Waals surface area contributed by atoms with E-state index in [9.17, 15) is 0 Å². The summed E-state index contributed by atoms with van der Waals surface area (Å²) < 4.78 is 7.25. The van der Waals surface area contributed by atoms with Crippen LogP contribution in [-0.4, -0.2) is 16.7 Å². The van der Waals surface area contributed by atoms with Crippen molar-refractivity contribution in [3.63, 3.8) is 0 Å². The molecule has 0 unspecified atom stereocenters. The number of nitrogens with zero attached hydrogens (tertiary/aromatic N) is 2. The minimum Gasteiger partial charge on any atom is -0.495 e. The summed E-state index contributed by atoms with van der Waals surface area (Å²) in [5.41, 5.74) is 8.50. The molecule has 1 heterocycles. The summed E-state index contributed by atoms with van der Waals surface area (Å²) in [6, 6.07) is 3.79. The lowest BCUT2D eigenvalue weighted by atomic mass is 10.2. The van der Waals surface area contributed by atoms with Crippen molar-refractivity contribution in [2.24, 2.45) is 0 Å². The van der Waals surface area contributed by atoms with E-state index in [1.807, 2.05) is 18.5 Å². The molecule has 1 aromatic carbocycles.